The average molecular weight is 654 g/mol. The second-order valence-corrected chi connectivity index (χ2v) is 9.96. The lowest BCUT2D eigenvalue weighted by Gasteiger charge is -2.24. The van der Waals surface area contributed by atoms with Crippen molar-refractivity contribution in [3.8, 4) is 16.2 Å². The van der Waals surface area contributed by atoms with Crippen LogP contribution in [0.25, 0.3) is 10.4 Å². The lowest BCUT2D eigenvalue weighted by atomic mass is 10.1. The number of hydrogen-bond donors (Lipinski definition) is 1. The molecule has 1 amide bonds. The molecule has 0 radical (unpaired) electrons. The van der Waals surface area contributed by atoms with Gasteiger partial charge in [-0.1, -0.05) is 18.2 Å². The number of carboxylic acid groups (broad SMARTS) is 1. The quantitative estimate of drug-likeness (QED) is 0.208. The molecule has 0 saturated heterocycles. The zero-order chi connectivity index (χ0) is 30.0. The number of carboxylic acids is 1. The van der Waals surface area contributed by atoms with Crippen LogP contribution in [-0.4, -0.2) is 36.7 Å². The van der Waals surface area contributed by atoms with Crippen LogP contribution < -0.4 is 9.64 Å². The van der Waals surface area contributed by atoms with Crippen molar-refractivity contribution in [1.82, 2.24) is 0 Å². The number of alkyl halides is 6. The number of carbonyl (C=O) groups is 3. The second-order valence-electron chi connectivity index (χ2n) is 8.15. The number of anilines is 1. The van der Waals surface area contributed by atoms with E-state index in [1.807, 2.05) is 0 Å². The summed E-state index contributed by atoms with van der Waals surface area (Å²) in [6, 6.07) is 7.02. The Kier molecular flexibility index (Phi) is 9.19. The standard InChI is InChI=1S/C25H18BrF6NO6S/c1-12(34)33(17-8-15(24(27,28)29)7-16(9-17)25(30,31)32)10-13-4-3-5-14(6-13)21-19(26)20(39-11-18(35)36)22(40-21)23(37)38-2/h3-9H,10-11H2,1-2H3,(H,35,36). The van der Waals surface area contributed by atoms with E-state index in [1.165, 1.54) is 18.2 Å². The van der Waals surface area contributed by atoms with Crippen molar-refractivity contribution < 1.29 is 55.3 Å². The van der Waals surface area contributed by atoms with E-state index in [2.05, 4.69) is 15.9 Å². The number of aliphatic carboxylic acids is 1. The summed E-state index contributed by atoms with van der Waals surface area (Å²) in [6.45, 7) is -0.151. The molecule has 2 aromatic carbocycles. The Labute approximate surface area is 235 Å². The minimum atomic E-state index is -5.10. The van der Waals surface area contributed by atoms with Crippen molar-refractivity contribution in [1.29, 1.82) is 0 Å². The Bertz CT molecular complexity index is 1420. The molecule has 15 heteroatoms. The van der Waals surface area contributed by atoms with Gasteiger partial charge in [-0.15, -0.1) is 11.3 Å². The van der Waals surface area contributed by atoms with E-state index in [4.69, 9.17) is 14.6 Å². The molecule has 0 atom stereocenters. The van der Waals surface area contributed by atoms with E-state index < -0.39 is 60.2 Å². The monoisotopic (exact) mass is 653 g/mol. The first kappa shape index (κ1) is 30.9. The Morgan fingerprint density at radius 3 is 2.10 bits per heavy atom. The highest BCUT2D eigenvalue weighted by Crippen LogP contribution is 2.46. The third-order valence-corrected chi connectivity index (χ3v) is 7.53. The molecule has 214 valence electrons. The van der Waals surface area contributed by atoms with Crippen molar-refractivity contribution in [3.05, 3.63) is 68.5 Å². The maximum Gasteiger partial charge on any atom is 0.416 e. The number of rotatable bonds is 8. The highest BCUT2D eigenvalue weighted by molar-refractivity contribution is 9.10. The topological polar surface area (TPSA) is 93.1 Å². The molecule has 0 spiro atoms. The number of benzene rings is 2. The molecule has 0 unspecified atom stereocenters. The summed E-state index contributed by atoms with van der Waals surface area (Å²) >= 11 is 4.18. The average Bonchev–Trinajstić information content (AvgIpc) is 3.20. The fourth-order valence-corrected chi connectivity index (χ4v) is 5.51. The number of ether oxygens (including phenoxy) is 2. The Morgan fingerprint density at radius 1 is 1.00 bits per heavy atom. The second kappa shape index (κ2) is 11.9. The summed E-state index contributed by atoms with van der Waals surface area (Å²) in [5.41, 5.74) is -2.98. The fourth-order valence-electron chi connectivity index (χ4n) is 3.54. The van der Waals surface area contributed by atoms with Gasteiger partial charge in [-0.3, -0.25) is 4.79 Å². The van der Waals surface area contributed by atoms with E-state index in [-0.39, 0.29) is 21.2 Å². The smallest absolute Gasteiger partial charge is 0.416 e. The molecule has 3 aromatic rings. The van der Waals surface area contributed by atoms with Crippen LogP contribution in [0.2, 0.25) is 0 Å². The molecule has 0 aliphatic rings. The molecule has 1 heterocycles. The fraction of sp³-hybridized carbons (Fsp3) is 0.240. The zero-order valence-electron chi connectivity index (χ0n) is 20.4. The molecule has 0 saturated carbocycles. The Balaban J connectivity index is 2.06. The number of carbonyl (C=O) groups excluding carboxylic acids is 2. The molecular formula is C25H18BrF6NO6S. The number of thiophene rings is 1. The number of hydrogen-bond acceptors (Lipinski definition) is 6. The van der Waals surface area contributed by atoms with Crippen LogP contribution in [0.1, 0.15) is 33.3 Å². The minimum Gasteiger partial charge on any atom is -0.479 e. The van der Waals surface area contributed by atoms with Gasteiger partial charge in [0.15, 0.2) is 17.2 Å². The van der Waals surface area contributed by atoms with Crippen molar-refractivity contribution >= 4 is 50.8 Å². The molecule has 40 heavy (non-hydrogen) atoms. The van der Waals surface area contributed by atoms with Crippen LogP contribution in [0, 0.1) is 0 Å². The van der Waals surface area contributed by atoms with E-state index in [1.54, 1.807) is 6.07 Å². The van der Waals surface area contributed by atoms with Crippen LogP contribution >= 0.6 is 27.3 Å². The zero-order valence-corrected chi connectivity index (χ0v) is 22.8. The van der Waals surface area contributed by atoms with Crippen LogP contribution in [0.5, 0.6) is 5.75 Å². The van der Waals surface area contributed by atoms with Gasteiger partial charge < -0.3 is 19.5 Å². The van der Waals surface area contributed by atoms with Gasteiger partial charge in [0.05, 0.1) is 34.1 Å². The number of nitrogens with zero attached hydrogens (tertiary/aromatic N) is 1. The highest BCUT2D eigenvalue weighted by Gasteiger charge is 2.37. The molecule has 1 N–H and O–H groups in total. The minimum absolute atomic E-state index is 0.0281. The first-order chi connectivity index (χ1) is 18.5. The van der Waals surface area contributed by atoms with E-state index in [0.29, 0.717) is 28.1 Å². The Hall–Kier alpha value is -3.59. The van der Waals surface area contributed by atoms with Crippen molar-refractivity contribution in [2.24, 2.45) is 0 Å². The normalized spacial score (nSPS) is 11.7. The van der Waals surface area contributed by atoms with E-state index in [0.717, 1.165) is 30.3 Å². The third kappa shape index (κ3) is 7.13. The number of methoxy groups -OCH3 is 1. The molecule has 3 rings (SSSR count). The Morgan fingerprint density at radius 2 is 1.60 bits per heavy atom. The van der Waals surface area contributed by atoms with Crippen LogP contribution in [0.3, 0.4) is 0 Å². The molecule has 0 aliphatic heterocycles. The van der Waals surface area contributed by atoms with Crippen molar-refractivity contribution in [3.63, 3.8) is 0 Å². The summed E-state index contributed by atoms with van der Waals surface area (Å²) in [6.07, 6.45) is -10.2. The van der Waals surface area contributed by atoms with Gasteiger partial charge in [-0.2, -0.15) is 26.3 Å². The lowest BCUT2D eigenvalue weighted by molar-refractivity contribution is -0.143. The maximum atomic E-state index is 13.4. The summed E-state index contributed by atoms with van der Waals surface area (Å²) in [7, 11) is 1.12. The molecule has 0 fully saturated rings. The van der Waals surface area contributed by atoms with Gasteiger partial charge in [0.2, 0.25) is 5.91 Å². The third-order valence-electron chi connectivity index (χ3n) is 5.31. The molecule has 0 bridgehead atoms. The molecular weight excluding hydrogens is 636 g/mol. The molecule has 0 aliphatic carbocycles. The summed E-state index contributed by atoms with van der Waals surface area (Å²) < 4.78 is 90.4. The van der Waals surface area contributed by atoms with Crippen LogP contribution in [0.15, 0.2) is 46.9 Å². The first-order valence-corrected chi connectivity index (χ1v) is 12.6. The SMILES string of the molecule is COC(=O)c1sc(-c2cccc(CN(C(C)=O)c3cc(C(F)(F)F)cc(C(F)(F)F)c3)c2)c(Br)c1OCC(=O)O. The highest BCUT2D eigenvalue weighted by atomic mass is 79.9. The van der Waals surface area contributed by atoms with Gasteiger partial charge in [0.1, 0.15) is 0 Å². The maximum absolute atomic E-state index is 13.4. The van der Waals surface area contributed by atoms with Gasteiger partial charge >= 0.3 is 24.3 Å². The van der Waals surface area contributed by atoms with E-state index >= 15 is 0 Å². The van der Waals surface area contributed by atoms with E-state index in [9.17, 15) is 40.7 Å². The van der Waals surface area contributed by atoms with Crippen molar-refractivity contribution in [2.75, 3.05) is 18.6 Å². The molecule has 1 aromatic heterocycles. The predicted octanol–water partition coefficient (Wildman–Crippen LogP) is 7.02. The summed E-state index contributed by atoms with van der Waals surface area (Å²) in [5.74, 6) is -3.01. The van der Waals surface area contributed by atoms with Gasteiger partial charge in [-0.25, -0.2) is 9.59 Å². The van der Waals surface area contributed by atoms with Gasteiger partial charge in [0.25, 0.3) is 0 Å². The van der Waals surface area contributed by atoms with Crippen molar-refractivity contribution in [2.45, 2.75) is 25.8 Å². The number of esters is 1. The first-order valence-electron chi connectivity index (χ1n) is 10.9. The largest absolute Gasteiger partial charge is 0.479 e. The van der Waals surface area contributed by atoms with Crippen LogP contribution in [-0.2, 0) is 33.2 Å². The van der Waals surface area contributed by atoms with Gasteiger partial charge in [-0.05, 0) is 51.3 Å². The molecule has 7 nitrogen and oxygen atoms in total. The summed E-state index contributed by atoms with van der Waals surface area (Å²) in [4.78, 5) is 36.7. The van der Waals surface area contributed by atoms with Crippen LogP contribution in [0.4, 0.5) is 32.0 Å². The summed E-state index contributed by atoms with van der Waals surface area (Å²) in [5, 5.41) is 8.95. The number of halogens is 7. The van der Waals surface area contributed by atoms with Gasteiger partial charge in [0, 0.05) is 12.6 Å². The predicted molar refractivity (Wildman–Crippen MR) is 135 cm³/mol. The lowest BCUT2D eigenvalue weighted by Crippen LogP contribution is -2.28. The number of amides is 1.